The highest BCUT2D eigenvalue weighted by atomic mass is 79.9. The normalized spacial score (nSPS) is 10.7. The van der Waals surface area contributed by atoms with Crippen molar-refractivity contribution < 1.29 is 9.59 Å². The van der Waals surface area contributed by atoms with E-state index in [0.29, 0.717) is 22.1 Å². The van der Waals surface area contributed by atoms with Crippen LogP contribution in [0.2, 0.25) is 5.02 Å². The zero-order chi connectivity index (χ0) is 21.1. The molecule has 0 bridgehead atoms. The van der Waals surface area contributed by atoms with Crippen LogP contribution in [0.25, 0.3) is 0 Å². The highest BCUT2D eigenvalue weighted by molar-refractivity contribution is 9.10. The molecule has 0 aliphatic heterocycles. The zero-order valence-electron chi connectivity index (χ0n) is 16.1. The highest BCUT2D eigenvalue weighted by Crippen LogP contribution is 2.23. The molecule has 0 unspecified atom stereocenters. The third-order valence-electron chi connectivity index (χ3n) is 4.31. The van der Waals surface area contributed by atoms with Crippen molar-refractivity contribution in [1.82, 2.24) is 15.0 Å². The topological polar surface area (TPSA) is 88.9 Å². The second-order valence-electron chi connectivity index (χ2n) is 6.63. The van der Waals surface area contributed by atoms with Crippen LogP contribution < -0.4 is 10.6 Å². The number of amides is 2. The minimum atomic E-state index is -0.391. The minimum absolute atomic E-state index is 0.0896. The molecule has 3 rings (SSSR count). The lowest BCUT2D eigenvalue weighted by Crippen LogP contribution is -2.21. The van der Waals surface area contributed by atoms with Gasteiger partial charge in [-0.25, -0.2) is 4.68 Å². The maximum absolute atomic E-state index is 12.5. The van der Waals surface area contributed by atoms with Crippen LogP contribution >= 0.6 is 27.5 Å². The smallest absolute Gasteiger partial charge is 0.278 e. The van der Waals surface area contributed by atoms with Gasteiger partial charge in [-0.3, -0.25) is 9.59 Å². The number of anilines is 2. The Balaban J connectivity index is 1.68. The first-order chi connectivity index (χ1) is 13.7. The molecule has 0 saturated carbocycles. The van der Waals surface area contributed by atoms with Crippen LogP contribution in [0.5, 0.6) is 0 Å². The Morgan fingerprint density at radius 2 is 1.86 bits per heavy atom. The van der Waals surface area contributed by atoms with Gasteiger partial charge in [-0.1, -0.05) is 38.8 Å². The predicted octanol–water partition coefficient (Wildman–Crippen LogP) is 4.51. The number of carbonyl (C=O) groups is 2. The third-order valence-corrected chi connectivity index (χ3v) is 5.51. The highest BCUT2D eigenvalue weighted by Gasteiger charge is 2.18. The third kappa shape index (κ3) is 5.02. The molecule has 1 aromatic heterocycles. The predicted molar refractivity (Wildman–Crippen MR) is 116 cm³/mol. The first-order valence-electron chi connectivity index (χ1n) is 8.78. The number of nitrogens with zero attached hydrogens (tertiary/aromatic N) is 3. The van der Waals surface area contributed by atoms with Gasteiger partial charge < -0.3 is 10.6 Å². The summed E-state index contributed by atoms with van der Waals surface area (Å²) in [5, 5.41) is 13.8. The second kappa shape index (κ2) is 8.75. The molecule has 3 aromatic rings. The van der Waals surface area contributed by atoms with Crippen molar-refractivity contribution in [2.75, 3.05) is 10.6 Å². The molecule has 2 aromatic carbocycles. The van der Waals surface area contributed by atoms with Crippen molar-refractivity contribution in [2.45, 2.75) is 27.3 Å². The summed E-state index contributed by atoms with van der Waals surface area (Å²) in [7, 11) is 0. The molecular weight excluding hydrogens is 458 g/mol. The summed E-state index contributed by atoms with van der Waals surface area (Å²) in [5.41, 5.74) is 3.81. The van der Waals surface area contributed by atoms with Crippen molar-refractivity contribution >= 4 is 50.7 Å². The quantitative estimate of drug-likeness (QED) is 0.567. The SMILES string of the molecule is Cc1ccc(NC(=O)Cn2nnc(C(=O)Nc3ccc(Br)c(C)c3)c2C)c(Cl)c1. The van der Waals surface area contributed by atoms with E-state index < -0.39 is 5.91 Å². The average Bonchev–Trinajstić information content (AvgIpc) is 3.01. The Morgan fingerprint density at radius 1 is 1.10 bits per heavy atom. The molecule has 0 spiro atoms. The number of benzene rings is 2. The molecule has 0 fully saturated rings. The molecule has 2 N–H and O–H groups in total. The van der Waals surface area contributed by atoms with Crippen LogP contribution in [-0.2, 0) is 11.3 Å². The lowest BCUT2D eigenvalue weighted by atomic mass is 10.2. The molecule has 1 heterocycles. The van der Waals surface area contributed by atoms with Gasteiger partial charge in [0.25, 0.3) is 5.91 Å². The van der Waals surface area contributed by atoms with E-state index >= 15 is 0 Å². The van der Waals surface area contributed by atoms with Gasteiger partial charge in [0.1, 0.15) is 6.54 Å². The summed E-state index contributed by atoms with van der Waals surface area (Å²) in [6.07, 6.45) is 0. The van der Waals surface area contributed by atoms with E-state index in [0.717, 1.165) is 15.6 Å². The van der Waals surface area contributed by atoms with Gasteiger partial charge in [-0.2, -0.15) is 0 Å². The summed E-state index contributed by atoms with van der Waals surface area (Å²) < 4.78 is 2.33. The van der Waals surface area contributed by atoms with Gasteiger partial charge in [-0.15, -0.1) is 5.10 Å². The fourth-order valence-electron chi connectivity index (χ4n) is 2.68. The number of nitrogens with one attached hydrogen (secondary N) is 2. The zero-order valence-corrected chi connectivity index (χ0v) is 18.4. The number of halogens is 2. The van der Waals surface area contributed by atoms with Crippen molar-refractivity contribution in [3.05, 3.63) is 68.4 Å². The van der Waals surface area contributed by atoms with E-state index in [4.69, 9.17) is 11.6 Å². The van der Waals surface area contributed by atoms with Crippen LogP contribution in [0, 0.1) is 20.8 Å². The average molecular weight is 477 g/mol. The number of carbonyl (C=O) groups excluding carboxylic acids is 2. The van der Waals surface area contributed by atoms with Gasteiger partial charge in [0.05, 0.1) is 16.4 Å². The second-order valence-corrected chi connectivity index (χ2v) is 7.89. The minimum Gasteiger partial charge on any atom is -0.323 e. The molecule has 2 amide bonds. The van der Waals surface area contributed by atoms with E-state index in [2.05, 4.69) is 36.9 Å². The van der Waals surface area contributed by atoms with Crippen LogP contribution in [0.3, 0.4) is 0 Å². The Bertz CT molecular complexity index is 1100. The van der Waals surface area contributed by atoms with Gasteiger partial charge in [0, 0.05) is 10.2 Å². The summed E-state index contributed by atoms with van der Waals surface area (Å²) in [6, 6.07) is 10.9. The molecule has 150 valence electrons. The number of hydrogen-bond acceptors (Lipinski definition) is 4. The lowest BCUT2D eigenvalue weighted by molar-refractivity contribution is -0.117. The van der Waals surface area contributed by atoms with E-state index in [1.807, 2.05) is 32.0 Å². The molecule has 0 saturated heterocycles. The number of rotatable bonds is 5. The van der Waals surface area contributed by atoms with Crippen molar-refractivity contribution in [2.24, 2.45) is 0 Å². The molecule has 0 atom stereocenters. The van der Waals surface area contributed by atoms with E-state index in [-0.39, 0.29) is 18.1 Å². The number of aromatic nitrogens is 3. The van der Waals surface area contributed by atoms with Gasteiger partial charge >= 0.3 is 0 Å². The number of aryl methyl sites for hydroxylation is 2. The lowest BCUT2D eigenvalue weighted by Gasteiger charge is -2.09. The summed E-state index contributed by atoms with van der Waals surface area (Å²) in [6.45, 7) is 5.44. The fraction of sp³-hybridized carbons (Fsp3) is 0.200. The largest absolute Gasteiger partial charge is 0.323 e. The van der Waals surface area contributed by atoms with Crippen molar-refractivity contribution in [3.63, 3.8) is 0 Å². The van der Waals surface area contributed by atoms with Crippen LogP contribution in [0.15, 0.2) is 40.9 Å². The summed E-state index contributed by atoms with van der Waals surface area (Å²) in [4.78, 5) is 24.9. The monoisotopic (exact) mass is 475 g/mol. The standard InChI is InChI=1S/C20H19BrClN5O2/c1-11-4-7-17(16(22)8-11)24-18(28)10-27-13(3)19(25-26-27)20(29)23-14-5-6-15(21)12(2)9-14/h4-9H,10H2,1-3H3,(H,23,29)(H,24,28). The van der Waals surface area contributed by atoms with Crippen LogP contribution in [-0.4, -0.2) is 26.8 Å². The maximum atomic E-state index is 12.5. The molecule has 0 aliphatic carbocycles. The first-order valence-corrected chi connectivity index (χ1v) is 9.95. The van der Waals surface area contributed by atoms with E-state index in [1.165, 1.54) is 4.68 Å². The molecule has 0 aliphatic rings. The first kappa shape index (κ1) is 21.0. The molecule has 0 radical (unpaired) electrons. The van der Waals surface area contributed by atoms with Crippen molar-refractivity contribution in [3.8, 4) is 0 Å². The summed E-state index contributed by atoms with van der Waals surface area (Å²) in [5.74, 6) is -0.711. The maximum Gasteiger partial charge on any atom is 0.278 e. The van der Waals surface area contributed by atoms with Crippen molar-refractivity contribution in [1.29, 1.82) is 0 Å². The van der Waals surface area contributed by atoms with Crippen LogP contribution in [0.1, 0.15) is 27.3 Å². The Kier molecular flexibility index (Phi) is 6.34. The number of hydrogen-bond donors (Lipinski definition) is 2. The van der Waals surface area contributed by atoms with E-state index in [1.54, 1.807) is 25.1 Å². The fourth-order valence-corrected chi connectivity index (χ4v) is 3.21. The van der Waals surface area contributed by atoms with Gasteiger partial charge in [0.2, 0.25) is 5.91 Å². The van der Waals surface area contributed by atoms with E-state index in [9.17, 15) is 9.59 Å². The Labute approximate surface area is 181 Å². The molecular formula is C20H19BrClN5O2. The van der Waals surface area contributed by atoms with Crippen LogP contribution in [0.4, 0.5) is 11.4 Å². The molecule has 9 heteroatoms. The molecule has 7 nitrogen and oxygen atoms in total. The van der Waals surface area contributed by atoms with Gasteiger partial charge in [0.15, 0.2) is 5.69 Å². The molecule has 29 heavy (non-hydrogen) atoms. The summed E-state index contributed by atoms with van der Waals surface area (Å²) >= 11 is 9.57. The van der Waals surface area contributed by atoms with Gasteiger partial charge in [-0.05, 0) is 62.2 Å². The Morgan fingerprint density at radius 3 is 2.55 bits per heavy atom. The Hall–Kier alpha value is -2.71.